The number of fused-ring (bicyclic) bond motifs is 2. The fourth-order valence-corrected chi connectivity index (χ4v) is 6.21. The molecule has 0 radical (unpaired) electrons. The van der Waals surface area contributed by atoms with Crippen molar-refractivity contribution >= 4 is 6.71 Å². The van der Waals surface area contributed by atoms with Crippen LogP contribution in [-0.2, 0) is 0 Å². The van der Waals surface area contributed by atoms with Crippen molar-refractivity contribution in [1.82, 2.24) is 0 Å². The summed E-state index contributed by atoms with van der Waals surface area (Å²) in [7, 11) is 0. The Kier molecular flexibility index (Phi) is 13.8. The molecule has 0 atom stereocenters. The van der Waals surface area contributed by atoms with Crippen molar-refractivity contribution in [3.8, 4) is 0 Å². The molecule has 27 heavy (non-hydrogen) atoms. The van der Waals surface area contributed by atoms with Crippen molar-refractivity contribution in [2.45, 2.75) is 166 Å². The van der Waals surface area contributed by atoms with Gasteiger partial charge in [0.05, 0.1) is 0 Å². The molecule has 2 bridgehead atoms. The summed E-state index contributed by atoms with van der Waals surface area (Å²) in [6.45, 7) is 3.45. The minimum atomic E-state index is 1.13. The third-order valence-corrected chi connectivity index (χ3v) is 7.90. The topological polar surface area (TPSA) is 0 Å². The summed E-state index contributed by atoms with van der Waals surface area (Å²) in [4.78, 5) is 0. The zero-order valence-electron chi connectivity index (χ0n) is 19.0. The monoisotopic (exact) mass is 374 g/mol. The Morgan fingerprint density at radius 2 is 0.815 bits per heavy atom. The van der Waals surface area contributed by atoms with Gasteiger partial charge in [-0.05, 0) is 0 Å². The molecule has 2 heterocycles. The van der Waals surface area contributed by atoms with Crippen LogP contribution < -0.4 is 0 Å². The maximum absolute atomic E-state index is 2.31. The minimum Gasteiger partial charge on any atom is -0.0737 e. The van der Waals surface area contributed by atoms with Gasteiger partial charge in [0.15, 0.2) is 0 Å². The van der Waals surface area contributed by atoms with Gasteiger partial charge in [0.2, 0.25) is 0 Å². The zero-order valence-corrected chi connectivity index (χ0v) is 19.0. The van der Waals surface area contributed by atoms with Crippen molar-refractivity contribution in [2.24, 2.45) is 0 Å². The molecule has 2 aliphatic rings. The van der Waals surface area contributed by atoms with Gasteiger partial charge in [-0.3, -0.25) is 0 Å². The van der Waals surface area contributed by atoms with E-state index in [4.69, 9.17) is 0 Å². The van der Waals surface area contributed by atoms with Crippen LogP contribution in [-0.4, -0.2) is 6.71 Å². The van der Waals surface area contributed by atoms with E-state index in [1.165, 1.54) is 103 Å². The van der Waals surface area contributed by atoms with Crippen LogP contribution in [0.15, 0.2) is 0 Å². The maximum Gasteiger partial charge on any atom is 0.146 e. The highest BCUT2D eigenvalue weighted by atomic mass is 14.2. The highest BCUT2D eigenvalue weighted by Crippen LogP contribution is 2.48. The van der Waals surface area contributed by atoms with Gasteiger partial charge in [-0.15, -0.1) is 0 Å². The van der Waals surface area contributed by atoms with E-state index in [1.54, 1.807) is 44.8 Å². The molecule has 158 valence electrons. The average Bonchev–Trinajstić information content (AvgIpc) is 2.67. The van der Waals surface area contributed by atoms with Crippen molar-refractivity contribution in [2.75, 3.05) is 0 Å². The predicted molar refractivity (Wildman–Crippen MR) is 125 cm³/mol. The number of hydrogen-bond donors (Lipinski definition) is 0. The van der Waals surface area contributed by atoms with Gasteiger partial charge < -0.3 is 0 Å². The third-order valence-electron chi connectivity index (χ3n) is 7.90. The largest absolute Gasteiger partial charge is 0.146 e. The Morgan fingerprint density at radius 1 is 0.481 bits per heavy atom. The zero-order chi connectivity index (χ0) is 19.0. The molecule has 2 aliphatic heterocycles. The lowest BCUT2D eigenvalue weighted by Crippen LogP contribution is -2.34. The lowest BCUT2D eigenvalue weighted by molar-refractivity contribution is 0.439. The van der Waals surface area contributed by atoms with Crippen LogP contribution in [0.1, 0.15) is 148 Å². The standard InChI is InChI=1S/C26H51B/c1-2-3-4-5-6-7-8-9-10-11-12-13-14-15-16-17-24-27-25-20-18-21-26(27)23-19-22-25/h25-26H,2-24H2,1H3. The molecule has 0 aromatic rings. The number of rotatable bonds is 17. The lowest BCUT2D eigenvalue weighted by atomic mass is 9.26. The first-order chi connectivity index (χ1) is 13.4. The van der Waals surface area contributed by atoms with Crippen LogP contribution in [0.4, 0.5) is 0 Å². The van der Waals surface area contributed by atoms with E-state index in [-0.39, 0.29) is 0 Å². The van der Waals surface area contributed by atoms with Crippen LogP contribution in [0.2, 0.25) is 18.0 Å². The van der Waals surface area contributed by atoms with E-state index < -0.39 is 0 Å². The summed E-state index contributed by atoms with van der Waals surface area (Å²) in [6, 6.07) is 0. The van der Waals surface area contributed by atoms with Gasteiger partial charge in [0.25, 0.3) is 0 Å². The van der Waals surface area contributed by atoms with E-state index in [1.807, 2.05) is 0 Å². The first-order valence-electron chi connectivity index (χ1n) is 13.4. The summed E-state index contributed by atoms with van der Waals surface area (Å²) >= 11 is 0. The van der Waals surface area contributed by atoms with Gasteiger partial charge in [0.1, 0.15) is 6.71 Å². The Morgan fingerprint density at radius 3 is 1.19 bits per heavy atom. The summed E-state index contributed by atoms with van der Waals surface area (Å²) in [5.74, 6) is 2.27. The molecular formula is C26H51B. The SMILES string of the molecule is CCCCCCCCCCCCCCCCCCB1C2CCCC1CCC2. The molecular weight excluding hydrogens is 323 g/mol. The predicted octanol–water partition coefficient (Wildman–Crippen LogP) is 9.85. The molecule has 0 saturated carbocycles. The van der Waals surface area contributed by atoms with Gasteiger partial charge >= 0.3 is 0 Å². The first-order valence-corrected chi connectivity index (χ1v) is 13.4. The van der Waals surface area contributed by atoms with Crippen molar-refractivity contribution in [1.29, 1.82) is 0 Å². The highest BCUT2D eigenvalue weighted by Gasteiger charge is 2.37. The molecule has 0 aromatic carbocycles. The van der Waals surface area contributed by atoms with Crippen LogP contribution >= 0.6 is 0 Å². The molecule has 0 unspecified atom stereocenters. The number of unbranched alkanes of at least 4 members (excludes halogenated alkanes) is 15. The fraction of sp³-hybridized carbons (Fsp3) is 1.00. The van der Waals surface area contributed by atoms with Crippen LogP contribution in [0, 0.1) is 0 Å². The molecule has 0 amide bonds. The molecule has 2 saturated heterocycles. The van der Waals surface area contributed by atoms with E-state index in [9.17, 15) is 0 Å². The van der Waals surface area contributed by atoms with Crippen molar-refractivity contribution < 1.29 is 0 Å². The first kappa shape index (κ1) is 23.3. The van der Waals surface area contributed by atoms with E-state index >= 15 is 0 Å². The lowest BCUT2D eigenvalue weighted by Gasteiger charge is -2.40. The molecule has 1 heteroatoms. The average molecular weight is 375 g/mol. The van der Waals surface area contributed by atoms with E-state index in [2.05, 4.69) is 6.92 Å². The highest BCUT2D eigenvalue weighted by molar-refractivity contribution is 6.62. The normalized spacial score (nSPS) is 22.3. The molecule has 2 rings (SSSR count). The minimum absolute atomic E-state index is 1.13. The van der Waals surface area contributed by atoms with Crippen LogP contribution in [0.3, 0.4) is 0 Å². The number of hydrogen-bond acceptors (Lipinski definition) is 0. The maximum atomic E-state index is 2.31. The van der Waals surface area contributed by atoms with E-state index in [0.29, 0.717) is 0 Å². The fourth-order valence-electron chi connectivity index (χ4n) is 6.21. The molecule has 0 aromatic heterocycles. The summed E-state index contributed by atoms with van der Waals surface area (Å²) < 4.78 is 0. The van der Waals surface area contributed by atoms with Crippen molar-refractivity contribution in [3.63, 3.8) is 0 Å². The summed E-state index contributed by atoms with van der Waals surface area (Å²) in [5.41, 5.74) is 0. The summed E-state index contributed by atoms with van der Waals surface area (Å²) in [5, 5.41) is 0. The third kappa shape index (κ3) is 10.4. The molecule has 2 fully saturated rings. The Hall–Kier alpha value is 0.0649. The summed E-state index contributed by atoms with van der Waals surface area (Å²) in [6.07, 6.45) is 34.8. The van der Waals surface area contributed by atoms with Gasteiger partial charge in [0, 0.05) is 0 Å². The van der Waals surface area contributed by atoms with Gasteiger partial charge in [-0.25, -0.2) is 0 Å². The second-order valence-electron chi connectivity index (χ2n) is 10.1. The Balaban J connectivity index is 1.29. The molecule has 0 aliphatic carbocycles. The molecule has 0 spiro atoms. The second kappa shape index (κ2) is 15.9. The molecule has 0 N–H and O–H groups in total. The Bertz CT molecular complexity index is 304. The van der Waals surface area contributed by atoms with E-state index in [0.717, 1.165) is 18.3 Å². The Labute approximate surface area is 173 Å². The van der Waals surface area contributed by atoms with Crippen LogP contribution in [0.25, 0.3) is 0 Å². The van der Waals surface area contributed by atoms with Gasteiger partial charge in [-0.1, -0.05) is 166 Å². The smallest absolute Gasteiger partial charge is 0.0737 e. The second-order valence-corrected chi connectivity index (χ2v) is 10.1. The van der Waals surface area contributed by atoms with Crippen molar-refractivity contribution in [3.05, 3.63) is 0 Å². The molecule has 0 nitrogen and oxygen atoms in total. The quantitative estimate of drug-likeness (QED) is 0.175. The van der Waals surface area contributed by atoms with Gasteiger partial charge in [-0.2, -0.15) is 0 Å². The van der Waals surface area contributed by atoms with Crippen LogP contribution in [0.5, 0.6) is 0 Å².